The number of aliphatic hydroxyl groups excluding tert-OH is 6. The van der Waals surface area contributed by atoms with E-state index in [1.165, 1.54) is 0 Å². The number of aromatic hydroxyl groups is 1. The van der Waals surface area contributed by atoms with Gasteiger partial charge in [-0.15, -0.1) is 0 Å². The molecule has 2 aromatic carbocycles. The van der Waals surface area contributed by atoms with Crippen LogP contribution in [-0.2, 0) is 24.1 Å². The zero-order chi connectivity index (χ0) is 45.4. The third-order valence-electron chi connectivity index (χ3n) is 13.0. The number of carboxylic acid groups (broad SMARTS) is 1. The molecule has 1 fully saturated rings. The largest absolute Gasteiger partial charge is 0.508 e. The third kappa shape index (κ3) is 15.0. The molecule has 1 saturated heterocycles. The number of hydrogen-bond donors (Lipinski definition) is 11. The lowest BCUT2D eigenvalue weighted by Gasteiger charge is -2.39. The van der Waals surface area contributed by atoms with Gasteiger partial charge in [-0.2, -0.15) is 0 Å². The van der Waals surface area contributed by atoms with E-state index in [1.54, 1.807) is 43.3 Å². The van der Waals surface area contributed by atoms with Crippen LogP contribution in [0.2, 0.25) is 0 Å². The first-order valence-electron chi connectivity index (χ1n) is 22.8. The summed E-state index contributed by atoms with van der Waals surface area (Å²) in [6.45, 7) is 7.06. The number of fused-ring (bicyclic) bond motifs is 1. The zero-order valence-corrected chi connectivity index (χ0v) is 37.2. The third-order valence-corrected chi connectivity index (χ3v) is 13.0. The number of allylic oxidation sites excluding steroid dienone is 2. The Morgan fingerprint density at radius 3 is 2.40 bits per heavy atom. The van der Waals surface area contributed by atoms with Gasteiger partial charge in [0.2, 0.25) is 0 Å². The number of aryl methyl sites for hydroxylation is 2. The van der Waals surface area contributed by atoms with Gasteiger partial charge in [0.25, 0.3) is 0 Å². The van der Waals surface area contributed by atoms with E-state index >= 15 is 0 Å². The molecule has 0 spiro atoms. The highest BCUT2D eigenvalue weighted by atomic mass is 16.4. The number of phenols is 1. The van der Waals surface area contributed by atoms with Gasteiger partial charge in [-0.1, -0.05) is 81.0 Å². The molecule has 62 heavy (non-hydrogen) atoms. The van der Waals surface area contributed by atoms with Crippen molar-refractivity contribution in [3.05, 3.63) is 88.0 Å². The van der Waals surface area contributed by atoms with Crippen molar-refractivity contribution in [2.45, 2.75) is 172 Å². The van der Waals surface area contributed by atoms with Gasteiger partial charge in [0.05, 0.1) is 43.0 Å². The minimum atomic E-state index is -1.44. The molecule has 0 radical (unpaired) electrons. The number of hydrogen-bond acceptors (Lipinski definition) is 11. The van der Waals surface area contributed by atoms with Crippen molar-refractivity contribution < 1.29 is 50.8 Å². The SMILES string of the molecule is CCCC[C@H](O)[C@H](O)/C=C/C1=C(\C[C@H](O)CO)[C@H](CC[C@H](O)[C@H]2N[C@H](C)CC[C@H](CO)[C@H]2CC(=O)O)N[C@@H]([C@@](C)(O)Cc2ccc(O)cc2)CC#Cc2c(CC)cccc2CC1. The molecular weight excluding hydrogens is 789 g/mol. The Hall–Kier alpha value is -3.61. The molecule has 0 bridgehead atoms. The smallest absolute Gasteiger partial charge is 0.303 e. The maximum atomic E-state index is 12.5. The predicted octanol–water partition coefficient (Wildman–Crippen LogP) is 4.45. The number of carboxylic acids is 1. The molecule has 0 unspecified atom stereocenters. The molecule has 4 rings (SSSR count). The summed E-state index contributed by atoms with van der Waals surface area (Å²) in [5.41, 5.74) is 3.78. The fraction of sp³-hybridized carbons (Fsp3) is 0.620. The molecule has 0 aromatic heterocycles. The number of benzene rings is 2. The maximum Gasteiger partial charge on any atom is 0.303 e. The standard InChI is InChI=1S/C50H74N2O10/c1-5-7-13-44(57)45(58)25-21-36-20-19-35-11-8-10-34(6-2)40(35)12-9-14-47(50(4,62)29-33-16-22-38(55)23-17-33)52-43(41(36)27-39(56)31-54)24-26-46(59)49-42(28-48(60)61)37(30-53)18-15-32(3)51-49/h8,10-11,16-17,21-23,25,32,37,39,42-47,49,51-59,62H,5-7,13-15,18-20,24,26-31H2,1-4H3,(H,60,61)/b25-21+,41-36+/t32-,37-,39+,42-,43+,44+,45-,46+,47-,49+,50+/m1/s1. The molecule has 2 aliphatic heterocycles. The number of aliphatic carboxylic acids is 1. The molecule has 12 nitrogen and oxygen atoms in total. The number of phenolic OH excluding ortho intramolecular Hbond substituents is 1. The first-order valence-corrected chi connectivity index (χ1v) is 22.8. The Morgan fingerprint density at radius 1 is 1.00 bits per heavy atom. The number of carbonyl (C=O) groups is 1. The minimum absolute atomic E-state index is 0.00567. The highest BCUT2D eigenvalue weighted by Gasteiger charge is 2.40. The van der Waals surface area contributed by atoms with Crippen molar-refractivity contribution in [1.82, 2.24) is 10.6 Å². The van der Waals surface area contributed by atoms with E-state index < -0.39 is 66.6 Å². The molecular formula is C50H74N2O10. The lowest BCUT2D eigenvalue weighted by Crippen LogP contribution is -2.55. The molecule has 0 amide bonds. The second-order valence-electron chi connectivity index (χ2n) is 18.0. The summed E-state index contributed by atoms with van der Waals surface area (Å²) >= 11 is 0. The number of aliphatic hydroxyl groups is 7. The molecule has 2 aromatic rings. The predicted molar refractivity (Wildman–Crippen MR) is 241 cm³/mol. The highest BCUT2D eigenvalue weighted by molar-refractivity contribution is 5.67. The van der Waals surface area contributed by atoms with Crippen LogP contribution in [0.15, 0.2) is 65.8 Å². The van der Waals surface area contributed by atoms with Crippen LogP contribution >= 0.6 is 0 Å². The number of rotatable bonds is 20. The molecule has 2 aliphatic rings. The van der Waals surface area contributed by atoms with E-state index in [1.807, 2.05) is 26.0 Å². The van der Waals surface area contributed by atoms with Crippen molar-refractivity contribution >= 4 is 5.97 Å². The fourth-order valence-corrected chi connectivity index (χ4v) is 9.27. The minimum Gasteiger partial charge on any atom is -0.508 e. The average Bonchev–Trinajstić information content (AvgIpc) is 3.40. The summed E-state index contributed by atoms with van der Waals surface area (Å²) in [6, 6.07) is 10.7. The molecule has 12 heteroatoms. The fourth-order valence-electron chi connectivity index (χ4n) is 9.27. The molecule has 0 saturated carbocycles. The number of nitrogens with one attached hydrogen (secondary N) is 2. The van der Waals surface area contributed by atoms with Crippen molar-refractivity contribution in [2.24, 2.45) is 11.8 Å². The quantitative estimate of drug-likeness (QED) is 0.0832. The van der Waals surface area contributed by atoms with Crippen molar-refractivity contribution in [1.29, 1.82) is 0 Å². The Balaban J connectivity index is 1.92. The van der Waals surface area contributed by atoms with Crippen LogP contribution in [-0.4, -0.2) is 119 Å². The summed E-state index contributed by atoms with van der Waals surface area (Å²) in [6.07, 6.45) is 4.58. The molecule has 344 valence electrons. The molecule has 11 N–H and O–H groups in total. The van der Waals surface area contributed by atoms with Crippen LogP contribution in [0.4, 0.5) is 0 Å². The molecule has 11 atom stereocenters. The second-order valence-corrected chi connectivity index (χ2v) is 18.0. The van der Waals surface area contributed by atoms with Crippen LogP contribution in [0, 0.1) is 23.7 Å². The molecule has 2 heterocycles. The van der Waals surface area contributed by atoms with Gasteiger partial charge in [0.1, 0.15) is 5.75 Å². The van der Waals surface area contributed by atoms with E-state index in [0.717, 1.165) is 47.1 Å². The summed E-state index contributed by atoms with van der Waals surface area (Å²) in [7, 11) is 0. The van der Waals surface area contributed by atoms with Gasteiger partial charge >= 0.3 is 5.97 Å². The Kier molecular flexibility index (Phi) is 20.6. The van der Waals surface area contributed by atoms with Crippen LogP contribution in [0.25, 0.3) is 0 Å². The summed E-state index contributed by atoms with van der Waals surface area (Å²) in [5.74, 6) is 5.03. The summed E-state index contributed by atoms with van der Waals surface area (Å²) < 4.78 is 0. The van der Waals surface area contributed by atoms with Gasteiger partial charge in [-0.05, 0) is 123 Å². The lowest BCUT2D eigenvalue weighted by atomic mass is 9.78. The Labute approximate surface area is 368 Å². The maximum absolute atomic E-state index is 12.5. The normalized spacial score (nSPS) is 26.7. The Morgan fingerprint density at radius 2 is 1.74 bits per heavy atom. The van der Waals surface area contributed by atoms with Gasteiger partial charge in [-0.3, -0.25) is 4.79 Å². The van der Waals surface area contributed by atoms with Crippen LogP contribution in [0.1, 0.15) is 121 Å². The summed E-state index contributed by atoms with van der Waals surface area (Å²) in [5, 5.41) is 106. The van der Waals surface area contributed by atoms with Crippen molar-refractivity contribution in [3.63, 3.8) is 0 Å². The van der Waals surface area contributed by atoms with Gasteiger partial charge in [0, 0.05) is 49.2 Å². The van der Waals surface area contributed by atoms with E-state index in [2.05, 4.69) is 35.5 Å². The lowest BCUT2D eigenvalue weighted by molar-refractivity contribution is -0.139. The van der Waals surface area contributed by atoms with E-state index in [0.29, 0.717) is 37.7 Å². The van der Waals surface area contributed by atoms with Gasteiger partial charge < -0.3 is 56.6 Å². The monoisotopic (exact) mass is 863 g/mol. The van der Waals surface area contributed by atoms with Crippen molar-refractivity contribution in [2.75, 3.05) is 13.2 Å². The van der Waals surface area contributed by atoms with E-state index in [-0.39, 0.29) is 62.8 Å². The average molecular weight is 863 g/mol. The first-order chi connectivity index (χ1) is 29.6. The second kappa shape index (κ2) is 25.0. The van der Waals surface area contributed by atoms with Crippen LogP contribution in [0.5, 0.6) is 5.75 Å². The van der Waals surface area contributed by atoms with Gasteiger partial charge in [0.15, 0.2) is 0 Å². The number of unbranched alkanes of at least 4 members (excludes halogenated alkanes) is 1. The van der Waals surface area contributed by atoms with E-state index in [9.17, 15) is 50.8 Å². The van der Waals surface area contributed by atoms with Gasteiger partial charge in [-0.25, -0.2) is 0 Å². The first kappa shape index (κ1) is 51.0. The van der Waals surface area contributed by atoms with Crippen LogP contribution in [0.3, 0.4) is 0 Å². The highest BCUT2D eigenvalue weighted by Crippen LogP contribution is 2.34. The van der Waals surface area contributed by atoms with Crippen molar-refractivity contribution in [3.8, 4) is 17.6 Å². The van der Waals surface area contributed by atoms with Crippen LogP contribution < -0.4 is 10.6 Å². The zero-order valence-electron chi connectivity index (χ0n) is 37.2. The topological polar surface area (TPSA) is 223 Å². The van der Waals surface area contributed by atoms with E-state index in [4.69, 9.17) is 0 Å². The molecule has 0 aliphatic carbocycles. The summed E-state index contributed by atoms with van der Waals surface area (Å²) in [4.78, 5) is 12.1. The Bertz CT molecular complexity index is 1820.